The molecule has 0 aromatic carbocycles. The average molecular weight is 194 g/mol. The number of rotatable bonds is 1. The van der Waals surface area contributed by atoms with Crippen molar-refractivity contribution in [1.82, 2.24) is 4.31 Å². The van der Waals surface area contributed by atoms with Gasteiger partial charge in [-0.2, -0.15) is 0 Å². The molecule has 2 aliphatic rings. The van der Waals surface area contributed by atoms with Crippen LogP contribution in [0.1, 0.15) is 6.42 Å². The number of carbonyl (C=O) groups is 2. The highest BCUT2D eigenvalue weighted by atomic mass is 32.2. The van der Waals surface area contributed by atoms with Crippen LogP contribution in [0.3, 0.4) is 0 Å². The summed E-state index contributed by atoms with van der Waals surface area (Å²) < 4.78 is 1.49. The zero-order chi connectivity index (χ0) is 9.26. The monoisotopic (exact) mass is 194 g/mol. The highest BCUT2D eigenvalue weighted by Crippen LogP contribution is 2.30. The van der Waals surface area contributed by atoms with E-state index < -0.39 is 0 Å². The summed E-state index contributed by atoms with van der Waals surface area (Å²) in [6.07, 6.45) is 8.35. The SMILES string of the molecule is O=C1CSN([C]2C=CC=CC2)C1=O. The fraction of sp³-hybridized carbons (Fsp3) is 0.222. The van der Waals surface area contributed by atoms with Crippen LogP contribution in [0.15, 0.2) is 24.3 Å². The van der Waals surface area contributed by atoms with Crippen LogP contribution in [0.5, 0.6) is 0 Å². The van der Waals surface area contributed by atoms with Gasteiger partial charge in [0.05, 0.1) is 5.75 Å². The Hall–Kier alpha value is -1.03. The Morgan fingerprint density at radius 1 is 1.31 bits per heavy atom. The maximum Gasteiger partial charge on any atom is 0.301 e. The first-order valence-corrected chi connectivity index (χ1v) is 4.92. The van der Waals surface area contributed by atoms with Crippen LogP contribution in [0, 0.1) is 6.04 Å². The normalized spacial score (nSPS) is 23.2. The van der Waals surface area contributed by atoms with Gasteiger partial charge in [0.2, 0.25) is 5.78 Å². The summed E-state index contributed by atoms with van der Waals surface area (Å²) in [6, 6.07) is 0.892. The molecule has 0 spiro atoms. The third-order valence-electron chi connectivity index (χ3n) is 1.87. The third-order valence-corrected chi connectivity index (χ3v) is 2.92. The molecule has 0 atom stereocenters. The minimum Gasteiger partial charge on any atom is -0.288 e. The Kier molecular flexibility index (Phi) is 2.22. The van der Waals surface area contributed by atoms with E-state index in [9.17, 15) is 9.59 Å². The first-order valence-electron chi connectivity index (χ1n) is 3.98. The largest absolute Gasteiger partial charge is 0.301 e. The number of hydrogen-bond donors (Lipinski definition) is 0. The smallest absolute Gasteiger partial charge is 0.288 e. The van der Waals surface area contributed by atoms with E-state index in [4.69, 9.17) is 0 Å². The molecule has 1 radical (unpaired) electrons. The van der Waals surface area contributed by atoms with Crippen LogP contribution in [0.2, 0.25) is 0 Å². The lowest BCUT2D eigenvalue weighted by atomic mass is 10.1. The summed E-state index contributed by atoms with van der Waals surface area (Å²) in [5.74, 6) is -0.416. The summed E-state index contributed by atoms with van der Waals surface area (Å²) in [6.45, 7) is 0. The van der Waals surface area contributed by atoms with Crippen molar-refractivity contribution in [3.8, 4) is 0 Å². The molecule has 0 N–H and O–H groups in total. The van der Waals surface area contributed by atoms with Crippen LogP contribution in [0.4, 0.5) is 0 Å². The number of Topliss-reactive ketones (excluding diaryl/α,β-unsaturated/α-hetero) is 1. The summed E-state index contributed by atoms with van der Waals surface area (Å²) in [4.78, 5) is 22.2. The van der Waals surface area contributed by atoms with Crippen molar-refractivity contribution in [2.75, 3.05) is 5.75 Å². The third kappa shape index (κ3) is 1.54. The Morgan fingerprint density at radius 3 is 2.69 bits per heavy atom. The summed E-state index contributed by atoms with van der Waals surface area (Å²) >= 11 is 1.28. The fourth-order valence-electron chi connectivity index (χ4n) is 1.22. The number of amides is 1. The molecule has 3 nitrogen and oxygen atoms in total. The van der Waals surface area contributed by atoms with E-state index in [1.807, 2.05) is 24.3 Å². The van der Waals surface area contributed by atoms with Gasteiger partial charge in [-0.3, -0.25) is 13.9 Å². The van der Waals surface area contributed by atoms with Crippen LogP contribution in [0.25, 0.3) is 0 Å². The van der Waals surface area contributed by atoms with Gasteiger partial charge in [-0.05, 0) is 18.4 Å². The minimum absolute atomic E-state index is 0.278. The Labute approximate surface area is 80.6 Å². The molecule has 2 rings (SSSR count). The Balaban J connectivity index is 2.10. The minimum atomic E-state index is -0.389. The van der Waals surface area contributed by atoms with Crippen molar-refractivity contribution in [3.05, 3.63) is 30.3 Å². The van der Waals surface area contributed by atoms with Gasteiger partial charge in [0.1, 0.15) is 6.04 Å². The second-order valence-electron chi connectivity index (χ2n) is 2.78. The van der Waals surface area contributed by atoms with Gasteiger partial charge in [0.15, 0.2) is 0 Å². The van der Waals surface area contributed by atoms with Gasteiger partial charge in [-0.25, -0.2) is 0 Å². The molecule has 1 amide bonds. The second kappa shape index (κ2) is 3.38. The van der Waals surface area contributed by atoms with Crippen LogP contribution < -0.4 is 0 Å². The number of carbonyl (C=O) groups excluding carboxylic acids is 2. The predicted molar refractivity (Wildman–Crippen MR) is 50.5 cm³/mol. The van der Waals surface area contributed by atoms with Crippen LogP contribution in [-0.4, -0.2) is 21.7 Å². The molecule has 1 saturated heterocycles. The quantitative estimate of drug-likeness (QED) is 0.463. The highest BCUT2D eigenvalue weighted by molar-refractivity contribution is 7.99. The van der Waals surface area contributed by atoms with E-state index in [0.29, 0.717) is 0 Å². The summed E-state index contributed by atoms with van der Waals surface area (Å²) in [5, 5.41) is 0. The number of nitrogens with zero attached hydrogens (tertiary/aromatic N) is 1. The first kappa shape index (κ1) is 8.56. The number of hydrogen-bond acceptors (Lipinski definition) is 3. The second-order valence-corrected chi connectivity index (χ2v) is 3.69. The molecular weight excluding hydrogens is 186 g/mol. The topological polar surface area (TPSA) is 37.4 Å². The van der Waals surface area contributed by atoms with Gasteiger partial charge in [-0.15, -0.1) is 0 Å². The molecule has 0 unspecified atom stereocenters. The van der Waals surface area contributed by atoms with E-state index in [-0.39, 0.29) is 17.4 Å². The maximum atomic E-state index is 11.3. The van der Waals surface area contributed by atoms with Gasteiger partial charge in [0, 0.05) is 0 Å². The van der Waals surface area contributed by atoms with Gasteiger partial charge < -0.3 is 0 Å². The number of ketones is 1. The highest BCUT2D eigenvalue weighted by Gasteiger charge is 2.34. The molecule has 1 heterocycles. The van der Waals surface area contributed by atoms with Crippen LogP contribution in [-0.2, 0) is 9.59 Å². The average Bonchev–Trinajstić information content (AvgIpc) is 2.49. The van der Waals surface area contributed by atoms with Gasteiger partial charge in [-0.1, -0.05) is 24.3 Å². The molecule has 4 heteroatoms. The van der Waals surface area contributed by atoms with Crippen molar-refractivity contribution in [3.63, 3.8) is 0 Å². The standard InChI is InChI=1S/C9H8NO2S/c11-8-6-13-10(9(8)12)7-4-2-1-3-5-7/h1-4H,5-6H2. The fourth-order valence-corrected chi connectivity index (χ4v) is 2.11. The van der Waals surface area contributed by atoms with Crippen molar-refractivity contribution in [2.24, 2.45) is 0 Å². The van der Waals surface area contributed by atoms with Gasteiger partial charge in [0.25, 0.3) is 0 Å². The summed E-state index contributed by atoms with van der Waals surface area (Å²) in [5.41, 5.74) is 0. The van der Waals surface area contributed by atoms with E-state index in [2.05, 4.69) is 0 Å². The van der Waals surface area contributed by atoms with E-state index >= 15 is 0 Å². The Bertz CT molecular complexity index is 309. The molecule has 13 heavy (non-hydrogen) atoms. The van der Waals surface area contributed by atoms with E-state index in [1.165, 1.54) is 16.3 Å². The molecule has 1 aliphatic heterocycles. The Morgan fingerprint density at radius 2 is 2.15 bits per heavy atom. The van der Waals surface area contributed by atoms with Crippen LogP contribution >= 0.6 is 11.9 Å². The lowest BCUT2D eigenvalue weighted by Crippen LogP contribution is -2.27. The lowest BCUT2D eigenvalue weighted by Gasteiger charge is -2.21. The molecule has 0 aromatic heterocycles. The lowest BCUT2D eigenvalue weighted by molar-refractivity contribution is -0.138. The van der Waals surface area contributed by atoms with Crippen molar-refractivity contribution in [2.45, 2.75) is 6.42 Å². The van der Waals surface area contributed by atoms with Gasteiger partial charge >= 0.3 is 5.91 Å². The molecule has 0 bridgehead atoms. The molecule has 0 aromatic rings. The number of allylic oxidation sites excluding steroid dienone is 2. The molecule has 1 aliphatic carbocycles. The molecule has 1 fully saturated rings. The van der Waals surface area contributed by atoms with Crippen molar-refractivity contribution in [1.29, 1.82) is 0 Å². The molecule has 67 valence electrons. The zero-order valence-corrected chi connectivity index (χ0v) is 7.71. The van der Waals surface area contributed by atoms with Crippen molar-refractivity contribution < 1.29 is 9.59 Å². The van der Waals surface area contributed by atoms with Crippen molar-refractivity contribution >= 4 is 23.6 Å². The predicted octanol–water partition coefficient (Wildman–Crippen LogP) is 1.09. The maximum absolute atomic E-state index is 11.3. The first-order chi connectivity index (χ1) is 6.29. The molecular formula is C9H8NO2S. The van der Waals surface area contributed by atoms with E-state index in [0.717, 1.165) is 12.5 Å². The zero-order valence-electron chi connectivity index (χ0n) is 6.90. The van der Waals surface area contributed by atoms with E-state index in [1.54, 1.807) is 0 Å². The summed E-state index contributed by atoms with van der Waals surface area (Å²) in [7, 11) is 0. The molecule has 0 saturated carbocycles.